The quantitative estimate of drug-likeness (QED) is 0.0265. The average molecular weight is 863 g/mol. The van der Waals surface area contributed by atoms with E-state index in [2.05, 4.69) is 62.5 Å². The Labute approximate surface area is 371 Å². The van der Waals surface area contributed by atoms with Crippen molar-refractivity contribution in [2.75, 3.05) is 19.8 Å². The van der Waals surface area contributed by atoms with E-state index in [4.69, 9.17) is 18.9 Å². The number of aliphatic hydroxyl groups is 4. The van der Waals surface area contributed by atoms with Gasteiger partial charge in [0.1, 0.15) is 31.0 Å². The molecule has 0 amide bonds. The molecule has 1 aliphatic rings. The van der Waals surface area contributed by atoms with Crippen LogP contribution in [0.3, 0.4) is 0 Å². The Balaban J connectivity index is 2.27. The molecule has 1 aliphatic heterocycles. The predicted molar refractivity (Wildman–Crippen MR) is 247 cm³/mol. The second-order valence-corrected chi connectivity index (χ2v) is 16.9. The maximum atomic E-state index is 12.8. The minimum Gasteiger partial charge on any atom is -0.462 e. The summed E-state index contributed by atoms with van der Waals surface area (Å²) in [7, 11) is 0. The van der Waals surface area contributed by atoms with Gasteiger partial charge in [0.2, 0.25) is 0 Å². The summed E-state index contributed by atoms with van der Waals surface area (Å²) in [6, 6.07) is 0. The van der Waals surface area contributed by atoms with Crippen molar-refractivity contribution in [3.8, 4) is 0 Å². The number of rotatable bonds is 41. The molecule has 354 valence electrons. The smallest absolute Gasteiger partial charge is 0.306 e. The normalized spacial score (nSPS) is 20.1. The van der Waals surface area contributed by atoms with Crippen LogP contribution in [-0.2, 0) is 28.5 Å². The summed E-state index contributed by atoms with van der Waals surface area (Å²) in [4.78, 5) is 25.4. The van der Waals surface area contributed by atoms with Crippen LogP contribution in [0.25, 0.3) is 0 Å². The summed E-state index contributed by atoms with van der Waals surface area (Å²) < 4.78 is 22.2. The number of carbonyl (C=O) groups excluding carboxylic acids is 2. The molecule has 0 radical (unpaired) electrons. The number of unbranched alkanes of at least 4 members (excludes halogenated alkanes) is 22. The highest BCUT2D eigenvalue weighted by Crippen LogP contribution is 2.23. The second kappa shape index (κ2) is 41.7. The van der Waals surface area contributed by atoms with Crippen molar-refractivity contribution in [1.29, 1.82) is 0 Å². The van der Waals surface area contributed by atoms with Crippen molar-refractivity contribution in [2.24, 2.45) is 0 Å². The molecule has 0 aromatic rings. The third-order valence-corrected chi connectivity index (χ3v) is 11.2. The Bertz CT molecular complexity index is 1130. The van der Waals surface area contributed by atoms with Crippen LogP contribution in [0.2, 0.25) is 0 Å². The molecule has 1 saturated heterocycles. The van der Waals surface area contributed by atoms with Crippen LogP contribution in [0.15, 0.2) is 48.6 Å². The van der Waals surface area contributed by atoms with Crippen LogP contribution in [0.5, 0.6) is 0 Å². The standard InChI is InChI=1S/C51H90O10/c1-3-5-7-9-11-13-15-17-19-20-21-22-23-24-26-27-29-31-33-35-37-39-46(53)58-42-44(43-59-51-50(57)49(56)48(55)45(41-52)61-51)60-47(54)40-38-36-34-32-30-28-25-18-16-14-12-10-8-6-4-2/h6,8,12,14,18,20-21,25,44-45,48-52,55-57H,3-5,7,9-11,13,15-17,19,22-24,26-43H2,1-2H3/b8-6-,14-12-,21-20-,25-18-. The molecule has 0 bridgehead atoms. The molecule has 0 aromatic carbocycles. The molecule has 0 aromatic heterocycles. The zero-order chi connectivity index (χ0) is 44.4. The lowest BCUT2D eigenvalue weighted by molar-refractivity contribution is -0.305. The number of allylic oxidation sites excluding steroid dienone is 8. The van der Waals surface area contributed by atoms with E-state index in [1.54, 1.807) is 0 Å². The highest BCUT2D eigenvalue weighted by atomic mass is 16.7. The molecule has 1 fully saturated rings. The van der Waals surface area contributed by atoms with E-state index in [-0.39, 0.29) is 32.0 Å². The van der Waals surface area contributed by atoms with E-state index in [9.17, 15) is 30.0 Å². The van der Waals surface area contributed by atoms with Gasteiger partial charge < -0.3 is 39.4 Å². The molecule has 6 unspecified atom stereocenters. The van der Waals surface area contributed by atoms with E-state index in [0.717, 1.165) is 77.0 Å². The summed E-state index contributed by atoms with van der Waals surface area (Å²) in [6.07, 6.45) is 42.6. The second-order valence-electron chi connectivity index (χ2n) is 16.9. The van der Waals surface area contributed by atoms with Gasteiger partial charge >= 0.3 is 11.9 Å². The van der Waals surface area contributed by atoms with Crippen molar-refractivity contribution in [2.45, 2.75) is 243 Å². The minimum atomic E-state index is -1.60. The number of aliphatic hydroxyl groups excluding tert-OH is 4. The lowest BCUT2D eigenvalue weighted by atomic mass is 9.99. The molecule has 0 aliphatic carbocycles. The zero-order valence-electron chi connectivity index (χ0n) is 38.7. The summed E-state index contributed by atoms with van der Waals surface area (Å²) in [5.41, 5.74) is 0. The van der Waals surface area contributed by atoms with Gasteiger partial charge in [-0.3, -0.25) is 9.59 Å². The fourth-order valence-electron chi connectivity index (χ4n) is 7.32. The van der Waals surface area contributed by atoms with Gasteiger partial charge in [0.05, 0.1) is 13.2 Å². The lowest BCUT2D eigenvalue weighted by Gasteiger charge is -2.39. The molecular weight excluding hydrogens is 773 g/mol. The topological polar surface area (TPSA) is 152 Å². The highest BCUT2D eigenvalue weighted by molar-refractivity contribution is 5.70. The number of carbonyl (C=O) groups is 2. The van der Waals surface area contributed by atoms with Gasteiger partial charge in [0, 0.05) is 12.8 Å². The van der Waals surface area contributed by atoms with Gasteiger partial charge in [0.15, 0.2) is 12.4 Å². The summed E-state index contributed by atoms with van der Waals surface area (Å²) in [5.74, 6) is -0.826. The van der Waals surface area contributed by atoms with Crippen LogP contribution in [-0.4, -0.2) is 89.0 Å². The van der Waals surface area contributed by atoms with E-state index >= 15 is 0 Å². The molecule has 10 heteroatoms. The van der Waals surface area contributed by atoms with Gasteiger partial charge in [0.25, 0.3) is 0 Å². The monoisotopic (exact) mass is 863 g/mol. The Morgan fingerprint density at radius 2 is 0.967 bits per heavy atom. The summed E-state index contributed by atoms with van der Waals surface area (Å²) in [5, 5.41) is 40.1. The minimum absolute atomic E-state index is 0.209. The molecule has 61 heavy (non-hydrogen) atoms. The first-order valence-corrected chi connectivity index (χ1v) is 24.7. The van der Waals surface area contributed by atoms with Gasteiger partial charge in [-0.05, 0) is 70.6 Å². The Kier molecular flexibility index (Phi) is 38.7. The van der Waals surface area contributed by atoms with Crippen LogP contribution in [0.1, 0.15) is 206 Å². The predicted octanol–water partition coefficient (Wildman–Crippen LogP) is 11.2. The maximum Gasteiger partial charge on any atom is 0.306 e. The van der Waals surface area contributed by atoms with Crippen molar-refractivity contribution >= 4 is 11.9 Å². The first-order valence-electron chi connectivity index (χ1n) is 24.7. The first kappa shape index (κ1) is 56.7. The third kappa shape index (κ3) is 32.9. The highest BCUT2D eigenvalue weighted by Gasteiger charge is 2.44. The van der Waals surface area contributed by atoms with Crippen molar-refractivity contribution < 1.29 is 49.0 Å². The molecule has 1 rings (SSSR count). The van der Waals surface area contributed by atoms with Gasteiger partial charge in [-0.15, -0.1) is 0 Å². The van der Waals surface area contributed by atoms with Crippen LogP contribution in [0.4, 0.5) is 0 Å². The van der Waals surface area contributed by atoms with E-state index in [1.807, 2.05) is 0 Å². The fraction of sp³-hybridized carbons (Fsp3) is 0.804. The Morgan fingerprint density at radius 1 is 0.525 bits per heavy atom. The summed E-state index contributed by atoms with van der Waals surface area (Å²) >= 11 is 0. The third-order valence-electron chi connectivity index (χ3n) is 11.2. The number of ether oxygens (including phenoxy) is 4. The Morgan fingerprint density at radius 3 is 1.48 bits per heavy atom. The molecule has 6 atom stereocenters. The first-order chi connectivity index (χ1) is 29.8. The van der Waals surface area contributed by atoms with Gasteiger partial charge in [-0.2, -0.15) is 0 Å². The molecule has 1 heterocycles. The number of esters is 2. The van der Waals surface area contributed by atoms with Crippen molar-refractivity contribution in [1.82, 2.24) is 0 Å². The lowest BCUT2D eigenvalue weighted by Crippen LogP contribution is -2.59. The SMILES string of the molecule is CC/C=C\C/C=C\C/C=C\CCCCCCCC(=O)OC(COC(=O)CCCCCCCCCCC/C=C\CCCCCCCCCC)COC1OC(CO)C(O)C(O)C1O. The zero-order valence-corrected chi connectivity index (χ0v) is 38.7. The van der Waals surface area contributed by atoms with Gasteiger partial charge in [-0.25, -0.2) is 0 Å². The largest absolute Gasteiger partial charge is 0.462 e. The number of hydrogen-bond acceptors (Lipinski definition) is 10. The molecule has 0 spiro atoms. The van der Waals surface area contributed by atoms with Gasteiger partial charge in [-0.1, -0.05) is 172 Å². The number of hydrogen-bond donors (Lipinski definition) is 4. The molecular formula is C51H90O10. The van der Waals surface area contributed by atoms with E-state index < -0.39 is 49.4 Å². The van der Waals surface area contributed by atoms with Crippen molar-refractivity contribution in [3.05, 3.63) is 48.6 Å². The molecule has 10 nitrogen and oxygen atoms in total. The Hall–Kier alpha value is -2.34. The summed E-state index contributed by atoms with van der Waals surface area (Å²) in [6.45, 7) is 3.30. The van der Waals surface area contributed by atoms with Crippen molar-refractivity contribution in [3.63, 3.8) is 0 Å². The van der Waals surface area contributed by atoms with Crippen LogP contribution in [0, 0.1) is 0 Å². The molecule has 0 saturated carbocycles. The molecule has 4 N–H and O–H groups in total. The fourth-order valence-corrected chi connectivity index (χ4v) is 7.32. The average Bonchev–Trinajstić information content (AvgIpc) is 3.26. The van der Waals surface area contributed by atoms with Crippen LogP contribution >= 0.6 is 0 Å². The van der Waals surface area contributed by atoms with Crippen LogP contribution < -0.4 is 0 Å². The van der Waals surface area contributed by atoms with E-state index in [1.165, 1.54) is 96.3 Å². The van der Waals surface area contributed by atoms with E-state index in [0.29, 0.717) is 6.42 Å². The maximum absolute atomic E-state index is 12.8.